The van der Waals surface area contributed by atoms with E-state index >= 15 is 0 Å². The van der Waals surface area contributed by atoms with Crippen LogP contribution in [0.5, 0.6) is 0 Å². The summed E-state index contributed by atoms with van der Waals surface area (Å²) < 4.78 is 0. The second kappa shape index (κ2) is 6.78. The Balaban J connectivity index is 1.70. The molecule has 1 aromatic rings. The molecule has 0 bridgehead atoms. The van der Waals surface area contributed by atoms with Gasteiger partial charge in [0.1, 0.15) is 0 Å². The molecule has 0 spiro atoms. The van der Waals surface area contributed by atoms with Crippen LogP contribution in [-0.4, -0.2) is 29.0 Å². The highest BCUT2D eigenvalue weighted by atomic mass is 32.2. The van der Waals surface area contributed by atoms with Crippen LogP contribution in [0.1, 0.15) is 37.3 Å². The van der Waals surface area contributed by atoms with Crippen molar-refractivity contribution in [1.29, 1.82) is 0 Å². The number of rotatable bonds is 8. The van der Waals surface area contributed by atoms with Gasteiger partial charge in [0.2, 0.25) is 0 Å². The van der Waals surface area contributed by atoms with E-state index < -0.39 is 0 Å². The van der Waals surface area contributed by atoms with Gasteiger partial charge in [-0.25, -0.2) is 0 Å². The molecule has 2 rings (SSSR count). The molecular formula is C16H25NOS. The molecule has 0 amide bonds. The summed E-state index contributed by atoms with van der Waals surface area (Å²) in [6.07, 6.45) is 3.56. The van der Waals surface area contributed by atoms with Crippen LogP contribution < -0.4 is 5.32 Å². The van der Waals surface area contributed by atoms with Gasteiger partial charge in [0.05, 0.1) is 6.61 Å². The summed E-state index contributed by atoms with van der Waals surface area (Å²) in [6.45, 7) is 4.50. The van der Waals surface area contributed by atoms with E-state index in [4.69, 9.17) is 0 Å². The summed E-state index contributed by atoms with van der Waals surface area (Å²) >= 11 is 1.95. The first-order valence-corrected chi connectivity index (χ1v) is 8.29. The maximum absolute atomic E-state index is 9.54. The van der Waals surface area contributed by atoms with E-state index in [1.807, 2.05) is 11.8 Å². The fraction of sp³-hybridized carbons (Fsp3) is 0.625. The van der Waals surface area contributed by atoms with E-state index in [2.05, 4.69) is 43.4 Å². The number of aliphatic hydroxyl groups is 1. The molecule has 0 aliphatic heterocycles. The maximum atomic E-state index is 9.54. The van der Waals surface area contributed by atoms with Gasteiger partial charge < -0.3 is 10.4 Å². The minimum absolute atomic E-state index is 0.0965. The summed E-state index contributed by atoms with van der Waals surface area (Å²) in [5.41, 5.74) is 2.63. The van der Waals surface area contributed by atoms with Crippen LogP contribution in [0.15, 0.2) is 24.3 Å². The lowest BCUT2D eigenvalue weighted by Crippen LogP contribution is -2.47. The molecule has 0 aromatic heterocycles. The van der Waals surface area contributed by atoms with Gasteiger partial charge in [0, 0.05) is 17.3 Å². The molecule has 1 saturated carbocycles. The van der Waals surface area contributed by atoms with E-state index in [0.29, 0.717) is 6.04 Å². The molecule has 1 unspecified atom stereocenters. The fourth-order valence-corrected chi connectivity index (χ4v) is 3.36. The van der Waals surface area contributed by atoms with Gasteiger partial charge in [-0.2, -0.15) is 11.8 Å². The van der Waals surface area contributed by atoms with Crippen molar-refractivity contribution >= 4 is 11.8 Å². The third-order valence-electron chi connectivity index (χ3n) is 3.63. The fourth-order valence-electron chi connectivity index (χ4n) is 2.21. The lowest BCUT2D eigenvalue weighted by atomic mass is 10.0. The van der Waals surface area contributed by atoms with Gasteiger partial charge in [-0.3, -0.25) is 0 Å². The van der Waals surface area contributed by atoms with Gasteiger partial charge in [-0.05, 0) is 44.4 Å². The van der Waals surface area contributed by atoms with Crippen molar-refractivity contribution in [3.8, 4) is 0 Å². The van der Waals surface area contributed by atoms with Gasteiger partial charge in [-0.1, -0.05) is 29.8 Å². The van der Waals surface area contributed by atoms with Crippen LogP contribution in [0.2, 0.25) is 0 Å². The van der Waals surface area contributed by atoms with E-state index in [9.17, 15) is 5.11 Å². The molecule has 1 fully saturated rings. The SMILES string of the molecule is Cc1cccc(CSCCC(C)(CO)NC2CC2)c1. The van der Waals surface area contributed by atoms with Crippen LogP contribution in [-0.2, 0) is 5.75 Å². The maximum Gasteiger partial charge on any atom is 0.0610 e. The first-order chi connectivity index (χ1) is 9.11. The number of aliphatic hydroxyl groups excluding tert-OH is 1. The molecule has 106 valence electrons. The van der Waals surface area contributed by atoms with Crippen LogP contribution >= 0.6 is 11.8 Å². The van der Waals surface area contributed by atoms with Crippen molar-refractivity contribution in [2.24, 2.45) is 0 Å². The summed E-state index contributed by atoms with van der Waals surface area (Å²) in [5, 5.41) is 13.1. The van der Waals surface area contributed by atoms with E-state index in [0.717, 1.165) is 17.9 Å². The Labute approximate surface area is 121 Å². The predicted octanol–water partition coefficient (Wildman–Crippen LogP) is 3.12. The zero-order valence-electron chi connectivity index (χ0n) is 12.0. The smallest absolute Gasteiger partial charge is 0.0610 e. The topological polar surface area (TPSA) is 32.3 Å². The molecular weight excluding hydrogens is 254 g/mol. The molecule has 1 atom stereocenters. The van der Waals surface area contributed by atoms with Crippen LogP contribution in [0.4, 0.5) is 0 Å². The molecule has 0 saturated heterocycles. The van der Waals surface area contributed by atoms with E-state index in [1.54, 1.807) is 0 Å². The molecule has 1 aliphatic rings. The second-order valence-corrected chi connectivity index (χ2v) is 7.03. The van der Waals surface area contributed by atoms with Gasteiger partial charge in [0.15, 0.2) is 0 Å². The first-order valence-electron chi connectivity index (χ1n) is 7.13. The molecule has 2 nitrogen and oxygen atoms in total. The lowest BCUT2D eigenvalue weighted by Gasteiger charge is -2.29. The Morgan fingerprint density at radius 3 is 2.84 bits per heavy atom. The normalized spacial score (nSPS) is 18.3. The third-order valence-corrected chi connectivity index (χ3v) is 4.66. The number of aryl methyl sites for hydroxylation is 1. The minimum Gasteiger partial charge on any atom is -0.394 e. The molecule has 3 heteroatoms. The average Bonchev–Trinajstić information content (AvgIpc) is 3.19. The second-order valence-electron chi connectivity index (χ2n) is 5.93. The Morgan fingerprint density at radius 2 is 2.21 bits per heavy atom. The minimum atomic E-state index is -0.0965. The monoisotopic (exact) mass is 279 g/mol. The number of nitrogens with one attached hydrogen (secondary N) is 1. The molecule has 0 heterocycles. The largest absolute Gasteiger partial charge is 0.394 e. The van der Waals surface area contributed by atoms with E-state index in [-0.39, 0.29) is 12.1 Å². The quantitative estimate of drug-likeness (QED) is 0.717. The third kappa shape index (κ3) is 5.17. The molecule has 1 aromatic carbocycles. The lowest BCUT2D eigenvalue weighted by molar-refractivity contribution is 0.169. The highest BCUT2D eigenvalue weighted by Crippen LogP contribution is 2.25. The molecule has 1 aliphatic carbocycles. The zero-order chi connectivity index (χ0) is 13.7. The zero-order valence-corrected chi connectivity index (χ0v) is 12.8. The van der Waals surface area contributed by atoms with Gasteiger partial charge >= 0.3 is 0 Å². The molecule has 2 N–H and O–H groups in total. The van der Waals surface area contributed by atoms with Crippen molar-refractivity contribution in [3.05, 3.63) is 35.4 Å². The number of hydrogen-bond donors (Lipinski definition) is 2. The Bertz CT molecular complexity index is 405. The van der Waals surface area contributed by atoms with Crippen molar-refractivity contribution in [2.75, 3.05) is 12.4 Å². The highest BCUT2D eigenvalue weighted by Gasteiger charge is 2.31. The molecule has 19 heavy (non-hydrogen) atoms. The summed E-state index contributed by atoms with van der Waals surface area (Å²) in [7, 11) is 0. The van der Waals surface area contributed by atoms with Crippen LogP contribution in [0.25, 0.3) is 0 Å². The number of benzene rings is 1. The highest BCUT2D eigenvalue weighted by molar-refractivity contribution is 7.98. The number of hydrogen-bond acceptors (Lipinski definition) is 3. The number of thioether (sulfide) groups is 1. The van der Waals surface area contributed by atoms with Crippen LogP contribution in [0, 0.1) is 6.92 Å². The Hall–Kier alpha value is -0.510. The molecule has 0 radical (unpaired) electrons. The predicted molar refractivity (Wildman–Crippen MR) is 83.6 cm³/mol. The van der Waals surface area contributed by atoms with Crippen molar-refractivity contribution < 1.29 is 5.11 Å². The Morgan fingerprint density at radius 1 is 1.42 bits per heavy atom. The summed E-state index contributed by atoms with van der Waals surface area (Å²) in [4.78, 5) is 0. The summed E-state index contributed by atoms with van der Waals surface area (Å²) in [6, 6.07) is 9.35. The van der Waals surface area contributed by atoms with Gasteiger partial charge in [0.25, 0.3) is 0 Å². The van der Waals surface area contributed by atoms with Crippen molar-refractivity contribution in [1.82, 2.24) is 5.32 Å². The van der Waals surface area contributed by atoms with Crippen molar-refractivity contribution in [3.63, 3.8) is 0 Å². The Kier molecular flexibility index (Phi) is 5.31. The van der Waals surface area contributed by atoms with Crippen LogP contribution in [0.3, 0.4) is 0 Å². The van der Waals surface area contributed by atoms with Crippen molar-refractivity contribution in [2.45, 2.75) is 50.4 Å². The van der Waals surface area contributed by atoms with Gasteiger partial charge in [-0.15, -0.1) is 0 Å². The average molecular weight is 279 g/mol. The van der Waals surface area contributed by atoms with E-state index in [1.165, 1.54) is 24.0 Å². The standard InChI is InChI=1S/C16H25NOS/c1-13-4-3-5-14(10-13)11-19-9-8-16(2,12-18)17-15-6-7-15/h3-5,10,15,17-18H,6-9,11-12H2,1-2H3. The summed E-state index contributed by atoms with van der Waals surface area (Å²) in [5.74, 6) is 2.15. The first kappa shape index (κ1) is 14.9.